The van der Waals surface area contributed by atoms with Gasteiger partial charge in [-0.25, -0.2) is 9.78 Å². The minimum atomic E-state index is -0.688. The second kappa shape index (κ2) is 8.02. The van der Waals surface area contributed by atoms with Crippen molar-refractivity contribution in [2.75, 3.05) is 11.9 Å². The van der Waals surface area contributed by atoms with Crippen LogP contribution in [-0.2, 0) is 9.53 Å². The Labute approximate surface area is 150 Å². The van der Waals surface area contributed by atoms with Crippen molar-refractivity contribution in [1.29, 1.82) is 0 Å². The van der Waals surface area contributed by atoms with Gasteiger partial charge in [-0.3, -0.25) is 9.78 Å². The number of amides is 1. The lowest BCUT2D eigenvalue weighted by Crippen LogP contribution is -2.21. The number of carbonyl (C=O) groups excluding carboxylic acids is 2. The Kier molecular flexibility index (Phi) is 5.34. The van der Waals surface area contributed by atoms with Crippen LogP contribution in [0, 0.1) is 6.92 Å². The molecule has 0 saturated heterocycles. The molecule has 0 radical (unpaired) electrons. The van der Waals surface area contributed by atoms with Gasteiger partial charge in [0.1, 0.15) is 0 Å². The summed E-state index contributed by atoms with van der Waals surface area (Å²) < 4.78 is 4.94. The molecule has 3 aromatic rings. The van der Waals surface area contributed by atoms with Gasteiger partial charge < -0.3 is 10.1 Å². The lowest BCUT2D eigenvalue weighted by molar-refractivity contribution is -0.119. The van der Waals surface area contributed by atoms with Crippen LogP contribution >= 0.6 is 0 Å². The summed E-state index contributed by atoms with van der Waals surface area (Å²) in [6.07, 6.45) is 2.78. The van der Waals surface area contributed by atoms with E-state index in [1.807, 2.05) is 42.5 Å². The summed E-state index contributed by atoms with van der Waals surface area (Å²) in [5, 5.41) is 2.68. The van der Waals surface area contributed by atoms with Gasteiger partial charge in [0.15, 0.2) is 12.3 Å². The third kappa shape index (κ3) is 4.51. The van der Waals surface area contributed by atoms with Crippen molar-refractivity contribution in [2.24, 2.45) is 0 Å². The summed E-state index contributed by atoms with van der Waals surface area (Å²) in [5.74, 6) is -1.11. The average molecular weight is 347 g/mol. The summed E-state index contributed by atoms with van der Waals surface area (Å²) in [4.78, 5) is 31.6. The number of aromatic nitrogens is 2. The Hall–Kier alpha value is -3.54. The fraction of sp³-hybridized carbons (Fsp3) is 0.100. The van der Waals surface area contributed by atoms with Crippen molar-refractivity contribution >= 4 is 17.6 Å². The Morgan fingerprint density at radius 1 is 0.923 bits per heavy atom. The van der Waals surface area contributed by atoms with Gasteiger partial charge in [0.25, 0.3) is 5.91 Å². The van der Waals surface area contributed by atoms with Crippen LogP contribution in [0.25, 0.3) is 11.1 Å². The molecule has 0 atom stereocenters. The lowest BCUT2D eigenvalue weighted by Gasteiger charge is -2.07. The van der Waals surface area contributed by atoms with E-state index >= 15 is 0 Å². The third-order valence-electron chi connectivity index (χ3n) is 3.60. The van der Waals surface area contributed by atoms with Crippen LogP contribution in [0.15, 0.2) is 67.0 Å². The first-order valence-corrected chi connectivity index (χ1v) is 8.03. The standard InChI is InChI=1S/C20H17N3O3/c1-14-11-22-18(12-21-14)20(25)26-13-19(24)23-17-9-7-16(8-10-17)15-5-3-2-4-6-15/h2-12H,13H2,1H3,(H,23,24). The molecule has 1 amide bonds. The van der Waals surface area contributed by atoms with Crippen molar-refractivity contribution in [1.82, 2.24) is 9.97 Å². The number of carbonyl (C=O) groups is 2. The van der Waals surface area contributed by atoms with Gasteiger partial charge in [-0.05, 0) is 30.2 Å². The van der Waals surface area contributed by atoms with Gasteiger partial charge in [0, 0.05) is 11.9 Å². The molecule has 26 heavy (non-hydrogen) atoms. The largest absolute Gasteiger partial charge is 0.451 e. The minimum Gasteiger partial charge on any atom is -0.451 e. The highest BCUT2D eigenvalue weighted by Gasteiger charge is 2.12. The number of nitrogens with one attached hydrogen (secondary N) is 1. The third-order valence-corrected chi connectivity index (χ3v) is 3.60. The van der Waals surface area contributed by atoms with Crippen LogP contribution in [0.4, 0.5) is 5.69 Å². The lowest BCUT2D eigenvalue weighted by atomic mass is 10.1. The normalized spacial score (nSPS) is 10.2. The van der Waals surface area contributed by atoms with E-state index < -0.39 is 18.5 Å². The number of hydrogen-bond donors (Lipinski definition) is 1. The van der Waals surface area contributed by atoms with Crippen molar-refractivity contribution in [3.05, 3.63) is 78.4 Å². The molecule has 0 saturated carbocycles. The predicted molar refractivity (Wildman–Crippen MR) is 97.6 cm³/mol. The molecule has 1 heterocycles. The second-order valence-corrected chi connectivity index (χ2v) is 5.61. The Morgan fingerprint density at radius 2 is 1.62 bits per heavy atom. The van der Waals surface area contributed by atoms with Crippen LogP contribution in [0.5, 0.6) is 0 Å². The highest BCUT2D eigenvalue weighted by molar-refractivity contribution is 5.94. The molecule has 2 aromatic carbocycles. The predicted octanol–water partition coefficient (Wildman–Crippen LogP) is 3.25. The smallest absolute Gasteiger partial charge is 0.359 e. The minimum absolute atomic E-state index is 0.0654. The Morgan fingerprint density at radius 3 is 2.27 bits per heavy atom. The van der Waals surface area contributed by atoms with E-state index in [9.17, 15) is 9.59 Å². The molecule has 0 fully saturated rings. The summed E-state index contributed by atoms with van der Waals surface area (Å²) in [6, 6.07) is 17.4. The molecule has 0 bridgehead atoms. The summed E-state index contributed by atoms with van der Waals surface area (Å²) in [6.45, 7) is 1.37. The monoisotopic (exact) mass is 347 g/mol. The average Bonchev–Trinajstić information content (AvgIpc) is 2.68. The zero-order valence-electron chi connectivity index (χ0n) is 14.2. The maximum atomic E-state index is 11.9. The molecule has 0 unspecified atom stereocenters. The van der Waals surface area contributed by atoms with E-state index in [2.05, 4.69) is 15.3 Å². The zero-order chi connectivity index (χ0) is 18.4. The van der Waals surface area contributed by atoms with Gasteiger partial charge >= 0.3 is 5.97 Å². The zero-order valence-corrected chi connectivity index (χ0v) is 14.2. The van der Waals surface area contributed by atoms with Crippen LogP contribution in [-0.4, -0.2) is 28.5 Å². The SMILES string of the molecule is Cc1cnc(C(=O)OCC(=O)Nc2ccc(-c3ccccc3)cc2)cn1. The number of anilines is 1. The van der Waals surface area contributed by atoms with Crippen LogP contribution < -0.4 is 5.32 Å². The number of ether oxygens (including phenoxy) is 1. The van der Waals surface area contributed by atoms with Crippen molar-refractivity contribution in [3.63, 3.8) is 0 Å². The summed E-state index contributed by atoms with van der Waals surface area (Å²) >= 11 is 0. The second-order valence-electron chi connectivity index (χ2n) is 5.61. The molecule has 0 spiro atoms. The van der Waals surface area contributed by atoms with Gasteiger partial charge in [-0.2, -0.15) is 0 Å². The van der Waals surface area contributed by atoms with Gasteiger partial charge in [0.05, 0.1) is 11.9 Å². The molecule has 6 nitrogen and oxygen atoms in total. The van der Waals surface area contributed by atoms with Crippen LogP contribution in [0.2, 0.25) is 0 Å². The summed E-state index contributed by atoms with van der Waals surface area (Å²) in [5.41, 5.74) is 3.53. The van der Waals surface area contributed by atoms with Crippen molar-refractivity contribution in [2.45, 2.75) is 6.92 Å². The molecule has 0 aliphatic rings. The molecule has 130 valence electrons. The molecular formula is C20H17N3O3. The molecule has 0 aliphatic heterocycles. The Balaban J connectivity index is 1.53. The molecule has 3 rings (SSSR count). The van der Waals surface area contributed by atoms with Crippen LogP contribution in [0.1, 0.15) is 16.2 Å². The first-order chi connectivity index (χ1) is 12.6. The van der Waals surface area contributed by atoms with Gasteiger partial charge in [-0.15, -0.1) is 0 Å². The number of nitrogens with zero attached hydrogens (tertiary/aromatic N) is 2. The van der Waals surface area contributed by atoms with Crippen LogP contribution in [0.3, 0.4) is 0 Å². The number of benzene rings is 2. The highest BCUT2D eigenvalue weighted by Crippen LogP contribution is 2.20. The molecule has 6 heteroatoms. The topological polar surface area (TPSA) is 81.2 Å². The number of aryl methyl sites for hydroxylation is 1. The van der Waals surface area contributed by atoms with Gasteiger partial charge in [0.2, 0.25) is 0 Å². The fourth-order valence-electron chi connectivity index (χ4n) is 2.28. The number of esters is 1. The molecule has 0 aliphatic carbocycles. The van der Waals surface area contributed by atoms with E-state index in [1.165, 1.54) is 12.4 Å². The quantitative estimate of drug-likeness (QED) is 0.717. The van der Waals surface area contributed by atoms with E-state index in [0.717, 1.165) is 11.1 Å². The number of rotatable bonds is 5. The van der Waals surface area contributed by atoms with Crippen molar-refractivity contribution < 1.29 is 14.3 Å². The van der Waals surface area contributed by atoms with E-state index in [-0.39, 0.29) is 5.69 Å². The molecular weight excluding hydrogens is 330 g/mol. The fourth-order valence-corrected chi connectivity index (χ4v) is 2.28. The molecule has 1 aromatic heterocycles. The van der Waals surface area contributed by atoms with E-state index in [4.69, 9.17) is 4.74 Å². The van der Waals surface area contributed by atoms with E-state index in [0.29, 0.717) is 11.4 Å². The van der Waals surface area contributed by atoms with Crippen molar-refractivity contribution in [3.8, 4) is 11.1 Å². The van der Waals surface area contributed by atoms with E-state index in [1.54, 1.807) is 19.1 Å². The van der Waals surface area contributed by atoms with Gasteiger partial charge in [-0.1, -0.05) is 42.5 Å². The number of hydrogen-bond acceptors (Lipinski definition) is 5. The highest BCUT2D eigenvalue weighted by atomic mass is 16.5. The summed E-state index contributed by atoms with van der Waals surface area (Å²) in [7, 11) is 0. The Bertz CT molecular complexity index is 892. The first kappa shape index (κ1) is 17.3. The molecule has 1 N–H and O–H groups in total. The maximum Gasteiger partial charge on any atom is 0.359 e. The first-order valence-electron chi connectivity index (χ1n) is 8.03. The maximum absolute atomic E-state index is 11.9.